The molecule has 1 amide bonds. The van der Waals surface area contributed by atoms with Gasteiger partial charge in [-0.3, -0.25) is 9.78 Å². The molecule has 0 aliphatic carbocycles. The van der Waals surface area contributed by atoms with Crippen molar-refractivity contribution in [3.63, 3.8) is 0 Å². The molecule has 0 aliphatic heterocycles. The summed E-state index contributed by atoms with van der Waals surface area (Å²) in [6, 6.07) is 4.91. The van der Waals surface area contributed by atoms with Crippen LogP contribution in [0.15, 0.2) is 30.6 Å². The van der Waals surface area contributed by atoms with Crippen molar-refractivity contribution < 1.29 is 9.18 Å². The summed E-state index contributed by atoms with van der Waals surface area (Å²) in [5, 5.41) is 2.55. The number of pyridine rings is 2. The molecule has 0 aliphatic rings. The third-order valence-electron chi connectivity index (χ3n) is 2.76. The number of amides is 1. The number of hydrogen-bond donors (Lipinski definition) is 2. The average Bonchev–Trinajstić information content (AvgIpc) is 2.38. The minimum absolute atomic E-state index is 0.218. The van der Waals surface area contributed by atoms with Gasteiger partial charge in [-0.15, -0.1) is 0 Å². The Hall–Kier alpha value is -2.50. The highest BCUT2D eigenvalue weighted by Crippen LogP contribution is 2.26. The van der Waals surface area contributed by atoms with Gasteiger partial charge in [-0.25, -0.2) is 9.37 Å². The van der Waals surface area contributed by atoms with Crippen LogP contribution in [0.4, 0.5) is 15.9 Å². The SMILES string of the molecule is CC(=O)Nc1cc(N)c(-c2ccc(C(C)F)cn2)cn1. The van der Waals surface area contributed by atoms with E-state index in [0.29, 0.717) is 28.3 Å². The third-order valence-corrected chi connectivity index (χ3v) is 2.76. The first-order valence-corrected chi connectivity index (χ1v) is 6.11. The lowest BCUT2D eigenvalue weighted by Gasteiger charge is -2.08. The lowest BCUT2D eigenvalue weighted by molar-refractivity contribution is -0.114. The second-order valence-electron chi connectivity index (χ2n) is 4.43. The molecule has 6 heteroatoms. The number of nitrogen functional groups attached to an aromatic ring is 1. The fourth-order valence-corrected chi connectivity index (χ4v) is 1.73. The van der Waals surface area contributed by atoms with Crippen molar-refractivity contribution in [1.82, 2.24) is 9.97 Å². The number of carbonyl (C=O) groups excluding carboxylic acids is 1. The van der Waals surface area contributed by atoms with Crippen LogP contribution in [0.3, 0.4) is 0 Å². The third kappa shape index (κ3) is 3.09. The van der Waals surface area contributed by atoms with Gasteiger partial charge in [-0.05, 0) is 13.0 Å². The van der Waals surface area contributed by atoms with Gasteiger partial charge in [0, 0.05) is 42.2 Å². The number of aromatic nitrogens is 2. The minimum Gasteiger partial charge on any atom is -0.398 e. The molecular weight excluding hydrogens is 259 g/mol. The molecule has 5 nitrogen and oxygen atoms in total. The standard InChI is InChI=1S/C14H15FN4O/c1-8(15)10-3-4-13(17-6-10)11-7-18-14(5-12(11)16)19-9(2)20/h3-8H,1-2H3,(H3,16,18,19,20). The van der Waals surface area contributed by atoms with Crippen molar-refractivity contribution in [1.29, 1.82) is 0 Å². The van der Waals surface area contributed by atoms with E-state index in [4.69, 9.17) is 5.73 Å². The van der Waals surface area contributed by atoms with Crippen LogP contribution < -0.4 is 11.1 Å². The summed E-state index contributed by atoms with van der Waals surface area (Å²) in [5.41, 5.74) is 8.11. The van der Waals surface area contributed by atoms with Crippen molar-refractivity contribution in [2.75, 3.05) is 11.1 Å². The molecule has 0 bridgehead atoms. The topological polar surface area (TPSA) is 80.9 Å². The van der Waals surface area contributed by atoms with Crippen LogP contribution in [-0.4, -0.2) is 15.9 Å². The van der Waals surface area contributed by atoms with Gasteiger partial charge in [-0.2, -0.15) is 0 Å². The van der Waals surface area contributed by atoms with E-state index in [0.717, 1.165) is 0 Å². The number of hydrogen-bond acceptors (Lipinski definition) is 4. The summed E-state index contributed by atoms with van der Waals surface area (Å²) in [5.74, 6) is 0.164. The maximum atomic E-state index is 13.1. The number of anilines is 2. The molecule has 0 radical (unpaired) electrons. The van der Waals surface area contributed by atoms with Crippen molar-refractivity contribution in [3.8, 4) is 11.3 Å². The second-order valence-corrected chi connectivity index (χ2v) is 4.43. The smallest absolute Gasteiger partial charge is 0.222 e. The normalized spacial score (nSPS) is 11.9. The number of nitrogens with one attached hydrogen (secondary N) is 1. The average molecular weight is 274 g/mol. The van der Waals surface area contributed by atoms with Gasteiger partial charge >= 0.3 is 0 Å². The summed E-state index contributed by atoms with van der Waals surface area (Å²) in [7, 11) is 0. The molecule has 0 aromatic carbocycles. The highest BCUT2D eigenvalue weighted by molar-refractivity contribution is 5.89. The molecule has 2 aromatic rings. The van der Waals surface area contributed by atoms with Crippen molar-refractivity contribution in [3.05, 3.63) is 36.2 Å². The number of alkyl halides is 1. The van der Waals surface area contributed by atoms with E-state index in [2.05, 4.69) is 15.3 Å². The van der Waals surface area contributed by atoms with Crippen LogP contribution in [0, 0.1) is 0 Å². The van der Waals surface area contributed by atoms with Crippen LogP contribution in [0.5, 0.6) is 0 Å². The quantitative estimate of drug-likeness (QED) is 0.901. The molecular formula is C14H15FN4O. The Bertz CT molecular complexity index is 626. The second kappa shape index (κ2) is 5.64. The lowest BCUT2D eigenvalue weighted by Crippen LogP contribution is -2.08. The van der Waals surface area contributed by atoms with E-state index in [1.54, 1.807) is 18.2 Å². The van der Waals surface area contributed by atoms with Crippen LogP contribution >= 0.6 is 0 Å². The maximum absolute atomic E-state index is 13.1. The first-order chi connectivity index (χ1) is 9.47. The molecule has 2 heterocycles. The molecule has 1 unspecified atom stereocenters. The van der Waals surface area contributed by atoms with Gasteiger partial charge in [0.2, 0.25) is 5.91 Å². The molecule has 0 spiro atoms. The summed E-state index contributed by atoms with van der Waals surface area (Å²) in [6.07, 6.45) is 1.94. The minimum atomic E-state index is -1.06. The molecule has 0 saturated carbocycles. The number of carbonyl (C=O) groups is 1. The summed E-state index contributed by atoms with van der Waals surface area (Å²) < 4.78 is 13.1. The van der Waals surface area contributed by atoms with E-state index >= 15 is 0 Å². The first-order valence-electron chi connectivity index (χ1n) is 6.11. The lowest BCUT2D eigenvalue weighted by atomic mass is 10.1. The Morgan fingerprint density at radius 3 is 2.60 bits per heavy atom. The van der Waals surface area contributed by atoms with E-state index in [1.165, 1.54) is 26.2 Å². The van der Waals surface area contributed by atoms with Crippen LogP contribution in [0.1, 0.15) is 25.6 Å². The van der Waals surface area contributed by atoms with E-state index in [-0.39, 0.29) is 5.91 Å². The van der Waals surface area contributed by atoms with Crippen molar-refractivity contribution in [2.45, 2.75) is 20.0 Å². The Morgan fingerprint density at radius 1 is 1.35 bits per heavy atom. The maximum Gasteiger partial charge on any atom is 0.222 e. The summed E-state index contributed by atoms with van der Waals surface area (Å²) in [6.45, 7) is 2.85. The zero-order valence-corrected chi connectivity index (χ0v) is 11.2. The van der Waals surface area contributed by atoms with Gasteiger partial charge in [0.25, 0.3) is 0 Å². The van der Waals surface area contributed by atoms with E-state index in [9.17, 15) is 9.18 Å². The highest BCUT2D eigenvalue weighted by Gasteiger charge is 2.09. The fourth-order valence-electron chi connectivity index (χ4n) is 1.73. The Balaban J connectivity index is 2.30. The van der Waals surface area contributed by atoms with Crippen molar-refractivity contribution in [2.24, 2.45) is 0 Å². The molecule has 3 N–H and O–H groups in total. The summed E-state index contributed by atoms with van der Waals surface area (Å²) in [4.78, 5) is 19.2. The number of nitrogens with two attached hydrogens (primary N) is 1. The van der Waals surface area contributed by atoms with Crippen LogP contribution in [-0.2, 0) is 4.79 Å². The molecule has 0 saturated heterocycles. The zero-order valence-electron chi connectivity index (χ0n) is 11.2. The van der Waals surface area contributed by atoms with Crippen LogP contribution in [0.2, 0.25) is 0 Å². The zero-order chi connectivity index (χ0) is 14.7. The Labute approximate surface area is 116 Å². The number of nitrogens with zero attached hydrogens (tertiary/aromatic N) is 2. The number of rotatable bonds is 3. The predicted molar refractivity (Wildman–Crippen MR) is 75.7 cm³/mol. The number of halogens is 1. The Morgan fingerprint density at radius 2 is 2.10 bits per heavy atom. The first kappa shape index (κ1) is 13.9. The molecule has 1 atom stereocenters. The molecule has 0 fully saturated rings. The molecule has 20 heavy (non-hydrogen) atoms. The molecule has 2 rings (SSSR count). The van der Waals surface area contributed by atoms with Gasteiger partial charge in [0.15, 0.2) is 0 Å². The van der Waals surface area contributed by atoms with E-state index < -0.39 is 6.17 Å². The largest absolute Gasteiger partial charge is 0.398 e. The van der Waals surface area contributed by atoms with Gasteiger partial charge < -0.3 is 11.1 Å². The van der Waals surface area contributed by atoms with Gasteiger partial charge in [-0.1, -0.05) is 6.07 Å². The van der Waals surface area contributed by atoms with Gasteiger partial charge in [0.05, 0.1) is 5.69 Å². The highest BCUT2D eigenvalue weighted by atomic mass is 19.1. The molecule has 2 aromatic heterocycles. The molecule has 104 valence electrons. The Kier molecular flexibility index (Phi) is 3.93. The predicted octanol–water partition coefficient (Wildman–Crippen LogP) is 2.71. The van der Waals surface area contributed by atoms with Crippen molar-refractivity contribution >= 4 is 17.4 Å². The monoisotopic (exact) mass is 274 g/mol. The van der Waals surface area contributed by atoms with Gasteiger partial charge in [0.1, 0.15) is 12.0 Å². The van der Waals surface area contributed by atoms with E-state index in [1.807, 2.05) is 0 Å². The summed E-state index contributed by atoms with van der Waals surface area (Å²) >= 11 is 0. The van der Waals surface area contributed by atoms with Crippen LogP contribution in [0.25, 0.3) is 11.3 Å². The fraction of sp³-hybridized carbons (Fsp3) is 0.214.